The first-order valence-electron chi connectivity index (χ1n) is 23.8. The highest BCUT2D eigenvalue weighted by Crippen LogP contribution is 2.41. The highest BCUT2D eigenvalue weighted by Gasteiger charge is 2.36. The maximum atomic E-state index is 14.7. The minimum atomic E-state index is -2.68. The van der Waals surface area contributed by atoms with E-state index >= 15 is 0 Å². The molecule has 5 atom stereocenters. The van der Waals surface area contributed by atoms with Gasteiger partial charge in [-0.05, 0) is 129 Å². The van der Waals surface area contributed by atoms with E-state index in [0.717, 1.165) is 60.9 Å². The van der Waals surface area contributed by atoms with Gasteiger partial charge in [0.1, 0.15) is 23.6 Å². The molecule has 3 unspecified atom stereocenters. The fourth-order valence-electron chi connectivity index (χ4n) is 9.65. The van der Waals surface area contributed by atoms with E-state index in [2.05, 4.69) is 25.7 Å². The van der Waals surface area contributed by atoms with Gasteiger partial charge in [0, 0.05) is 67.3 Å². The molecule has 3 heterocycles. The molecule has 6 rings (SSSR count). The molecular formula is C52H74F6N5O3S-. The van der Waals surface area contributed by atoms with Crippen molar-refractivity contribution in [2.75, 3.05) is 33.1 Å². The first-order chi connectivity index (χ1) is 31.6. The van der Waals surface area contributed by atoms with Crippen molar-refractivity contribution in [1.82, 2.24) is 19.4 Å². The fraction of sp³-hybridized carbons (Fsp3) is 0.615. The number of hydrogen-bond donors (Lipinski definition) is 1. The minimum Gasteiger partial charge on any atom is -0.773 e. The molecule has 0 amide bonds. The zero-order valence-corrected chi connectivity index (χ0v) is 42.3. The Balaban J connectivity index is 0.000000496. The molecule has 8 nitrogen and oxygen atoms in total. The first-order valence-corrected chi connectivity index (χ1v) is 25.3. The average molecular weight is 963 g/mol. The maximum Gasteiger partial charge on any atom is 0.267 e. The molecule has 0 bridgehead atoms. The van der Waals surface area contributed by atoms with Crippen molar-refractivity contribution in [3.63, 3.8) is 0 Å². The second kappa shape index (κ2) is 26.7. The molecule has 2 fully saturated rings. The van der Waals surface area contributed by atoms with Gasteiger partial charge in [-0.25, -0.2) is 31.9 Å². The van der Waals surface area contributed by atoms with Crippen LogP contribution in [0.15, 0.2) is 41.2 Å². The molecule has 0 spiro atoms. The van der Waals surface area contributed by atoms with Gasteiger partial charge in [0.2, 0.25) is 5.92 Å². The number of rotatable bonds is 14. The average Bonchev–Trinajstić information content (AvgIpc) is 3.23. The Bertz CT molecular complexity index is 2280. The third-order valence-electron chi connectivity index (χ3n) is 12.7. The van der Waals surface area contributed by atoms with Crippen molar-refractivity contribution < 1.29 is 35.1 Å². The molecule has 1 saturated carbocycles. The zero-order chi connectivity index (χ0) is 50.3. The molecule has 1 aliphatic heterocycles. The highest BCUT2D eigenvalue weighted by atomic mass is 32.2. The van der Waals surface area contributed by atoms with Gasteiger partial charge in [-0.2, -0.15) is 0 Å². The van der Waals surface area contributed by atoms with E-state index in [1.807, 2.05) is 59.7 Å². The Morgan fingerprint density at radius 1 is 0.955 bits per heavy atom. The topological polar surface area (TPSA) is 115 Å². The first kappa shape index (κ1) is 57.4. The summed E-state index contributed by atoms with van der Waals surface area (Å²) in [5, 5.41) is 9.29. The van der Waals surface area contributed by atoms with Crippen LogP contribution in [0, 0.1) is 48.6 Å². The summed E-state index contributed by atoms with van der Waals surface area (Å²) in [6.07, 6.45) is 6.18. The maximum absolute atomic E-state index is 14.7. The van der Waals surface area contributed by atoms with E-state index in [-0.39, 0.29) is 42.3 Å². The summed E-state index contributed by atoms with van der Waals surface area (Å²) in [6, 6.07) is 9.12. The number of alkyl halides is 4. The van der Waals surface area contributed by atoms with Crippen molar-refractivity contribution in [2.24, 2.45) is 17.8 Å². The summed E-state index contributed by atoms with van der Waals surface area (Å²) in [7, 11) is 0.500. The van der Waals surface area contributed by atoms with E-state index in [0.29, 0.717) is 84.8 Å². The van der Waals surface area contributed by atoms with E-state index in [1.165, 1.54) is 25.0 Å². The number of likely N-dealkylation sites (tertiary alicyclic amines) is 1. The molecule has 2 aromatic heterocycles. The molecule has 2 aliphatic rings. The molecule has 15 heteroatoms. The number of hydrogen-bond acceptors (Lipinski definition) is 7. The van der Waals surface area contributed by atoms with Crippen LogP contribution in [0.4, 0.5) is 26.3 Å². The Morgan fingerprint density at radius 2 is 1.55 bits per heavy atom. The van der Waals surface area contributed by atoms with Gasteiger partial charge in [-0.3, -0.25) is 22.9 Å². The van der Waals surface area contributed by atoms with Crippen LogP contribution < -0.4 is 5.56 Å². The van der Waals surface area contributed by atoms with Crippen molar-refractivity contribution in [2.45, 2.75) is 157 Å². The van der Waals surface area contributed by atoms with Gasteiger partial charge in [-0.1, -0.05) is 78.5 Å². The van der Waals surface area contributed by atoms with Gasteiger partial charge in [0.05, 0.1) is 18.3 Å². The molecule has 2 aromatic carbocycles. The van der Waals surface area contributed by atoms with Gasteiger partial charge in [0.15, 0.2) is 5.65 Å². The van der Waals surface area contributed by atoms with E-state index in [1.54, 1.807) is 4.57 Å². The van der Waals surface area contributed by atoms with Crippen LogP contribution in [0.2, 0.25) is 0 Å². The van der Waals surface area contributed by atoms with Gasteiger partial charge in [-0.15, -0.1) is 0 Å². The van der Waals surface area contributed by atoms with Crippen LogP contribution in [0.5, 0.6) is 0 Å². The molecule has 67 heavy (non-hydrogen) atoms. The van der Waals surface area contributed by atoms with E-state index in [4.69, 9.17) is 24.1 Å². The van der Waals surface area contributed by atoms with Crippen molar-refractivity contribution in [1.29, 1.82) is 5.41 Å². The highest BCUT2D eigenvalue weighted by molar-refractivity contribution is 7.78. The molecule has 0 radical (unpaired) electrons. The summed E-state index contributed by atoms with van der Waals surface area (Å²) in [6.45, 7) is 21.2. The number of nitrogens with one attached hydrogen (secondary N) is 1. The fourth-order valence-corrected chi connectivity index (χ4v) is 9.65. The molecule has 1 aliphatic carbocycles. The zero-order valence-electron chi connectivity index (χ0n) is 41.5. The predicted octanol–water partition coefficient (Wildman–Crippen LogP) is 12.9. The normalized spacial score (nSPS) is 18.7. The molecule has 374 valence electrons. The molecular weight excluding hydrogens is 889 g/mol. The Labute approximate surface area is 397 Å². The lowest BCUT2D eigenvalue weighted by Crippen LogP contribution is -2.42. The summed E-state index contributed by atoms with van der Waals surface area (Å²) in [5.74, 6) is -2.98. The van der Waals surface area contributed by atoms with Crippen molar-refractivity contribution in [3.05, 3.63) is 97.7 Å². The third-order valence-corrected chi connectivity index (χ3v) is 12.7. The van der Waals surface area contributed by atoms with Crippen LogP contribution in [0.25, 0.3) is 16.7 Å². The quantitative estimate of drug-likeness (QED) is 0.0765. The van der Waals surface area contributed by atoms with Gasteiger partial charge in [0.25, 0.3) is 5.56 Å². The monoisotopic (exact) mass is 963 g/mol. The van der Waals surface area contributed by atoms with Crippen molar-refractivity contribution >= 4 is 27.8 Å². The van der Waals surface area contributed by atoms with Gasteiger partial charge < -0.3 is 9.96 Å². The summed E-state index contributed by atoms with van der Waals surface area (Å²) < 4.78 is 99.0. The minimum absolute atomic E-state index is 0.0412. The SMILES string of the molecule is CCCC(Cc1cc(F)cc(F)c1)c1nc2nc(C3CCC(F)(F)CC3)cc(C)c2c(=O)n1-c1ccc(CC)c(C(=N)C(C)C)c1C.CCC[C@H](C)CN1CC(F)C[C@@H](C)C1.CF.CS(=O)[O-]. The summed E-state index contributed by atoms with van der Waals surface area (Å²) in [4.78, 5) is 27.0. The smallest absolute Gasteiger partial charge is 0.267 e. The summed E-state index contributed by atoms with van der Waals surface area (Å²) in [5.41, 5.74) is 5.36. The van der Waals surface area contributed by atoms with E-state index in [9.17, 15) is 31.1 Å². The lowest BCUT2D eigenvalue weighted by molar-refractivity contribution is -0.0384. The Kier molecular flexibility index (Phi) is 22.9. The Hall–Kier alpha value is -3.95. The lowest BCUT2D eigenvalue weighted by atomic mass is 9.84. The molecule has 4 aromatic rings. The largest absolute Gasteiger partial charge is 0.773 e. The molecule has 1 N–H and O–H groups in total. The standard InChI is InChI=1S/C38H44F4N4O.C12H24FN.CH3F.CH4O2S/c1-7-9-27(17-24-18-28(39)20-29(40)19-24)36-45-35-32(22(5)16-30(44-35)26-12-14-38(41,42)15-13-26)37(47)46(36)31-11-10-25(8-2)33(23(31)6)34(43)21(3)4;1-4-5-10(2)7-14-8-11(3)6-12(13)9-14;1-2;1-4(2)3/h10-11,16,18-21,26-27,43H,7-9,12-15,17H2,1-6H3;10-12H,4-9H2,1-3H3;1H3;1H3,(H,2,3)/p-1/t;10-,11+,12?;;/m.0../s1. The van der Waals surface area contributed by atoms with Crippen LogP contribution in [0.1, 0.15) is 157 Å². The number of pyridine rings is 1. The lowest BCUT2D eigenvalue weighted by Gasteiger charge is -2.34. The van der Waals surface area contributed by atoms with Gasteiger partial charge >= 0.3 is 0 Å². The molecule has 1 saturated heterocycles. The number of piperidine rings is 1. The number of aryl methyl sites for hydroxylation is 2. The van der Waals surface area contributed by atoms with E-state index < -0.39 is 40.7 Å². The number of fused-ring (bicyclic) bond motifs is 1. The predicted molar refractivity (Wildman–Crippen MR) is 261 cm³/mol. The second-order valence-electron chi connectivity index (χ2n) is 18.9. The van der Waals surface area contributed by atoms with Crippen LogP contribution >= 0.6 is 0 Å². The number of aromatic nitrogens is 3. The second-order valence-corrected chi connectivity index (χ2v) is 19.7. The summed E-state index contributed by atoms with van der Waals surface area (Å²) >= 11 is -1.86. The number of halogens is 6. The van der Waals surface area contributed by atoms with Crippen LogP contribution in [-0.4, -0.2) is 79.1 Å². The van der Waals surface area contributed by atoms with Crippen molar-refractivity contribution in [3.8, 4) is 5.69 Å². The Morgan fingerprint density at radius 3 is 2.09 bits per heavy atom. The number of nitrogens with zero attached hydrogens (tertiary/aromatic N) is 4. The third kappa shape index (κ3) is 16.3. The van der Waals surface area contributed by atoms with Crippen LogP contribution in [-0.2, 0) is 23.9 Å². The number of benzene rings is 2. The van der Waals surface area contributed by atoms with Crippen LogP contribution in [0.3, 0.4) is 0 Å².